The fourth-order valence-electron chi connectivity index (χ4n) is 8.76. The number of rotatable bonds is 64. The Hall–Kier alpha value is -7.22. The van der Waals surface area contributed by atoms with Crippen molar-refractivity contribution < 1.29 is 307 Å². The number of carboxylic acids is 12. The molecule has 728 valence electrons. The Morgan fingerprint density at radius 3 is 0.684 bits per heavy atom. The summed E-state index contributed by atoms with van der Waals surface area (Å²) >= 11 is 0. The maximum atomic E-state index is 13.1. The molecule has 0 fully saturated rings. The number of hydrogen-bond donors (Lipinski definition) is 28. The fraction of sp³-hybridized carbons (Fsp3) is 0.478. The van der Waals surface area contributed by atoms with E-state index in [1.54, 1.807) is 0 Å². The van der Waals surface area contributed by atoms with Gasteiger partial charge in [0.25, 0.3) is 23.6 Å². The Balaban J connectivity index is -0.000000791. The van der Waals surface area contributed by atoms with Gasteiger partial charge in [-0.25, -0.2) is 9.59 Å². The van der Waals surface area contributed by atoms with Crippen molar-refractivity contribution in [3.05, 3.63) is 70.8 Å². The maximum absolute atomic E-state index is 13.1. The van der Waals surface area contributed by atoms with Crippen molar-refractivity contribution in [2.24, 2.45) is 22.9 Å². The van der Waals surface area contributed by atoms with Crippen molar-refractivity contribution >= 4 is 229 Å². The van der Waals surface area contributed by atoms with Crippen molar-refractivity contribution in [1.82, 2.24) is 63.8 Å². The predicted octanol–water partition coefficient (Wildman–Crippen LogP) is -6.23. The number of aliphatic carboxylic acids is 12. The summed E-state index contributed by atoms with van der Waals surface area (Å²) in [6, 6.07) is -4.12. The summed E-state index contributed by atoms with van der Waals surface area (Å²) in [4.78, 5) is 287. The summed E-state index contributed by atoms with van der Waals surface area (Å²) in [5, 5.41) is 134. The van der Waals surface area contributed by atoms with Crippen LogP contribution in [0, 0.1) is 0 Å². The van der Waals surface area contributed by atoms with Crippen molar-refractivity contribution in [1.29, 1.82) is 0 Å². The van der Waals surface area contributed by atoms with Crippen LogP contribution in [0.5, 0.6) is 0 Å². The first-order valence-electron chi connectivity index (χ1n) is 36.5. The molecule has 52 nitrogen and oxygen atoms in total. The summed E-state index contributed by atoms with van der Waals surface area (Å²) in [6.45, 7) is -4.15. The van der Waals surface area contributed by atoms with E-state index in [0.29, 0.717) is 21.6 Å². The van der Waals surface area contributed by atoms with E-state index in [9.17, 15) is 135 Å². The van der Waals surface area contributed by atoms with E-state index in [4.69, 9.17) is 63.8 Å². The van der Waals surface area contributed by atoms with Crippen molar-refractivity contribution in [3.63, 3.8) is 0 Å². The number of hydrogen-bond acceptors (Lipinski definition) is 36. The Morgan fingerprint density at radius 1 is 0.271 bits per heavy atom. The molecule has 0 saturated heterocycles. The van der Waals surface area contributed by atoms with Gasteiger partial charge in [0.15, 0.2) is 0 Å². The van der Waals surface area contributed by atoms with E-state index in [-0.39, 0.29) is 234 Å². The molecule has 0 aliphatic carbocycles. The second kappa shape index (κ2) is 74.0. The number of benzene rings is 2. The zero-order valence-corrected chi connectivity index (χ0v) is 86.6. The quantitative estimate of drug-likeness (QED) is 0.0216. The molecule has 12 amide bonds. The molecule has 0 bridgehead atoms. The molecule has 0 heterocycles. The average molecular weight is 2340 g/mol. The van der Waals surface area contributed by atoms with Crippen molar-refractivity contribution in [3.8, 4) is 0 Å². The van der Waals surface area contributed by atoms with Gasteiger partial charge < -0.3 is 148 Å². The number of carboxylic acid groups (broad SMARTS) is 12. The van der Waals surface area contributed by atoms with Gasteiger partial charge in [-0.3, -0.25) is 105 Å². The molecule has 0 spiro atoms. The average Bonchev–Trinajstić information content (AvgIpc) is 0.846. The van der Waals surface area contributed by atoms with Gasteiger partial charge in [-0.15, -0.1) is 0 Å². The summed E-state index contributed by atoms with van der Waals surface area (Å²) in [7, 11) is 6.39. The Bertz CT molecular complexity index is 4090. The minimum Gasteiger partial charge on any atom is -0.480 e. The minimum absolute atomic E-state index is 0. The molecule has 2 aromatic rings. The topological polar surface area (TPSA) is 901 Å². The number of nitrogens with one attached hydrogen (secondary N) is 12. The predicted molar refractivity (Wildman–Crippen MR) is 465 cm³/mol. The Kier molecular flexibility index (Phi) is 74.6. The van der Waals surface area contributed by atoms with Crippen molar-refractivity contribution in [2.45, 2.75) is 130 Å². The summed E-state index contributed by atoms with van der Waals surface area (Å²) in [5.74, 6) is -28.7. The van der Waals surface area contributed by atoms with E-state index in [2.05, 4.69) is 63.8 Å². The standard InChI is InChI=1S/2C34H46N8O18S4.CH4.4Y/c35-17(31(53)54)4-6-23(43)41-19(29(51)39-11-25(45)46)13-61-63-21(33(57)58)9-37-27(49)15-2-1-3-16(8-15)28(50)38-10-22(34(59)60)64-62-14-20(30(52)40-12-26(47)48)42-24(44)7-5-18(36)32(55)56;35-17(31(53)54)4-6-23(43)39-19(29(51)37-9-25(45)46)11-61-63-13-21(33(57)58)41-27(49)15-2-1-3-16(8-15)28(50)42-22(34(59)60)14-64-62-12-20(30(52)38-10-26(47)48)40-24(44)7-5-18(36)32(55)56;;;;;/h1-3,8,17-22H,4-7,9-14,35-36H2,(H,37,49)(H,38,50)(H,39,51)(H,40,52)(H,41,43)(H,42,44)(H,45,46)(H,47,48)(H,53,54)(H,55,56)(H,57,58)(H,59,60);1-3,8,17-22H,4-7,9-14,35-36H2,(H,37,51)(H,38,52)(H,39,43)(H,40,44)(H,41,49)(H,42,50)(H,45,46)(H,47,48)(H,53,54)(H,55,56)(H,57,58)(H,59,60);1H4;;;;. The van der Waals surface area contributed by atoms with E-state index in [1.165, 1.54) is 36.4 Å². The van der Waals surface area contributed by atoms with Gasteiger partial charge in [-0.05, 0) is 62.1 Å². The van der Waals surface area contributed by atoms with Gasteiger partial charge >= 0.3 is 71.6 Å². The van der Waals surface area contributed by atoms with Crippen LogP contribution in [0.2, 0.25) is 0 Å². The first kappa shape index (κ1) is 134. The number of amides is 12. The smallest absolute Gasteiger partial charge is 0.327 e. The van der Waals surface area contributed by atoms with Crippen LogP contribution in [-0.4, -0.2) is 349 Å². The van der Waals surface area contributed by atoms with Crippen LogP contribution < -0.4 is 86.7 Å². The van der Waals surface area contributed by atoms with Gasteiger partial charge in [0.1, 0.15) is 97.1 Å². The van der Waals surface area contributed by atoms with Crippen molar-refractivity contribution in [2.75, 3.05) is 73.8 Å². The molecule has 12 atom stereocenters. The number of carbonyl (C=O) groups is 24. The molecule has 0 saturated carbocycles. The largest absolute Gasteiger partial charge is 0.480 e. The van der Waals surface area contributed by atoms with Crippen LogP contribution in [0.3, 0.4) is 0 Å². The fourth-order valence-corrected chi connectivity index (χ4v) is 18.3. The molecular formula is C69H96N16O36S8Y4. The first-order chi connectivity index (χ1) is 60.0. The first-order valence-corrected chi connectivity index (χ1v) is 46.2. The minimum atomic E-state index is -1.55. The van der Waals surface area contributed by atoms with Crippen LogP contribution >= 0.6 is 86.4 Å². The molecule has 0 aromatic heterocycles. The molecule has 12 unspecified atom stereocenters. The van der Waals surface area contributed by atoms with Crippen LogP contribution in [0.4, 0.5) is 0 Å². The van der Waals surface area contributed by atoms with Gasteiger partial charge in [0.2, 0.25) is 47.3 Å². The molecule has 32 N–H and O–H groups in total. The molecule has 2 rings (SSSR count). The normalized spacial score (nSPS) is 13.0. The van der Waals surface area contributed by atoms with Gasteiger partial charge in [-0.2, -0.15) is 0 Å². The van der Waals surface area contributed by atoms with Crippen LogP contribution in [0.25, 0.3) is 0 Å². The monoisotopic (exact) mass is 2340 g/mol. The number of nitrogens with two attached hydrogens (primary N) is 4. The van der Waals surface area contributed by atoms with E-state index in [0.717, 1.165) is 76.9 Å². The molecule has 0 aliphatic rings. The molecule has 64 heteroatoms. The summed E-state index contributed by atoms with van der Waals surface area (Å²) in [5.41, 5.74) is 20.9. The van der Waals surface area contributed by atoms with Crippen LogP contribution in [-0.2, 0) is 227 Å². The molecule has 133 heavy (non-hydrogen) atoms. The van der Waals surface area contributed by atoms with Gasteiger partial charge in [0, 0.05) is 226 Å². The van der Waals surface area contributed by atoms with E-state index < -0.39 is 266 Å². The summed E-state index contributed by atoms with van der Waals surface area (Å²) < 4.78 is 0. The molecular weight excluding hydrogens is 2240 g/mol. The van der Waals surface area contributed by atoms with Crippen LogP contribution in [0.15, 0.2) is 48.5 Å². The van der Waals surface area contributed by atoms with E-state index in [1.807, 2.05) is 0 Å². The molecule has 0 aliphatic heterocycles. The third kappa shape index (κ3) is 60.2. The zero-order chi connectivity index (χ0) is 97.0. The number of carbonyl (C=O) groups excluding carboxylic acids is 12. The third-order valence-electron chi connectivity index (χ3n) is 15.6. The van der Waals surface area contributed by atoms with Gasteiger partial charge in [-0.1, -0.05) is 106 Å². The van der Waals surface area contributed by atoms with Crippen LogP contribution in [0.1, 0.15) is 100 Å². The van der Waals surface area contributed by atoms with E-state index >= 15 is 0 Å². The van der Waals surface area contributed by atoms with Gasteiger partial charge in [0.05, 0.1) is 0 Å². The Morgan fingerprint density at radius 2 is 0.481 bits per heavy atom. The summed E-state index contributed by atoms with van der Waals surface area (Å²) in [6.07, 6.45) is -2.65. The second-order valence-corrected chi connectivity index (χ2v) is 36.1. The third-order valence-corrected chi connectivity index (χ3v) is 25.9. The Labute approximate surface area is 887 Å². The zero-order valence-electron chi connectivity index (χ0n) is 68.7. The molecule has 4 radical (unpaired) electrons. The second-order valence-electron chi connectivity index (χ2n) is 25.7. The SMILES string of the molecule is C.NC(CCC(=O)NC(CSSC(CNC(=O)c1cccc(C(=O)NCC(SSCC(NC(=O)CCC(N)C(=O)O)C(=O)NCC(=O)O)C(=O)O)c1)C(=O)O)C(=O)NCC(=O)O)C(=O)O.NC(CCC(=O)NC(CSSCC(NC(=O)c1cccc(C(=O)NC(CSSCC(NC(=O)CCC(N)C(=O)O)C(=O)NCC(=O)O)C(=O)O)c1)C(=O)O)C(=O)NCC(=O)O)C(=O)O.[Y].[Y].[Y].[Y]. The maximum Gasteiger partial charge on any atom is 0.327 e. The molecule has 2 aromatic carbocycles.